The second-order valence-electron chi connectivity index (χ2n) is 5.93. The maximum atomic E-state index is 13.4. The molecule has 3 rings (SSSR count). The summed E-state index contributed by atoms with van der Waals surface area (Å²) in [6, 6.07) is 12.2. The summed E-state index contributed by atoms with van der Waals surface area (Å²) < 4.78 is 26.5. The molecule has 136 valence electrons. The number of carbonyl (C=O) groups excluding carboxylic acids is 2. The molecule has 7 heteroatoms. The van der Waals surface area contributed by atoms with Crippen molar-refractivity contribution in [2.45, 2.75) is 6.92 Å². The van der Waals surface area contributed by atoms with Crippen molar-refractivity contribution in [3.8, 4) is 0 Å². The van der Waals surface area contributed by atoms with Gasteiger partial charge in [-0.15, -0.1) is 0 Å². The first kappa shape index (κ1) is 17.8. The molecule has 0 atom stereocenters. The summed E-state index contributed by atoms with van der Waals surface area (Å²) in [5, 5.41) is 0. The van der Waals surface area contributed by atoms with Crippen LogP contribution in [-0.2, 0) is 4.79 Å². The van der Waals surface area contributed by atoms with Crippen molar-refractivity contribution in [2.75, 3.05) is 36.0 Å². The van der Waals surface area contributed by atoms with Crippen LogP contribution in [0, 0.1) is 11.6 Å². The largest absolute Gasteiger partial charge is 0.325 e. The number of anilines is 2. The standard InChI is InChI=1S/C19H19F2N3O2/c1-2-23(14-6-4-3-5-7-14)18(25)13-22-10-11-24(19(22)26)15-8-9-16(20)17(21)12-15/h3-9,12H,2,10-11,13H2,1H3. The van der Waals surface area contributed by atoms with Crippen LogP contribution in [0.4, 0.5) is 25.0 Å². The van der Waals surface area contributed by atoms with E-state index in [4.69, 9.17) is 0 Å². The molecule has 0 saturated carbocycles. The molecule has 1 heterocycles. The van der Waals surface area contributed by atoms with E-state index in [1.165, 1.54) is 15.9 Å². The summed E-state index contributed by atoms with van der Waals surface area (Å²) in [5.41, 5.74) is 1.04. The molecule has 0 aliphatic carbocycles. The Morgan fingerprint density at radius 3 is 2.46 bits per heavy atom. The minimum Gasteiger partial charge on any atom is -0.313 e. The highest BCUT2D eigenvalue weighted by atomic mass is 19.2. The van der Waals surface area contributed by atoms with Crippen molar-refractivity contribution in [1.29, 1.82) is 0 Å². The number of nitrogens with zero attached hydrogens (tertiary/aromatic N) is 3. The number of hydrogen-bond acceptors (Lipinski definition) is 2. The number of urea groups is 1. The van der Waals surface area contributed by atoms with Crippen LogP contribution in [0.3, 0.4) is 0 Å². The smallest absolute Gasteiger partial charge is 0.313 e. The van der Waals surface area contributed by atoms with Crippen LogP contribution in [0.1, 0.15) is 6.92 Å². The number of amides is 3. The quantitative estimate of drug-likeness (QED) is 0.823. The topological polar surface area (TPSA) is 43.9 Å². The molecular formula is C19H19F2N3O2. The Balaban J connectivity index is 1.70. The zero-order chi connectivity index (χ0) is 18.7. The van der Waals surface area contributed by atoms with Crippen molar-refractivity contribution < 1.29 is 18.4 Å². The molecule has 2 aromatic rings. The highest BCUT2D eigenvalue weighted by Crippen LogP contribution is 2.23. The van der Waals surface area contributed by atoms with Crippen LogP contribution in [0.5, 0.6) is 0 Å². The molecule has 3 amide bonds. The Labute approximate surface area is 150 Å². The second-order valence-corrected chi connectivity index (χ2v) is 5.93. The number of hydrogen-bond donors (Lipinski definition) is 0. The molecular weight excluding hydrogens is 340 g/mol. The predicted molar refractivity (Wildman–Crippen MR) is 95.1 cm³/mol. The molecule has 26 heavy (non-hydrogen) atoms. The number of benzene rings is 2. The van der Waals surface area contributed by atoms with Gasteiger partial charge in [-0.25, -0.2) is 13.6 Å². The van der Waals surface area contributed by atoms with Gasteiger partial charge in [0.25, 0.3) is 0 Å². The van der Waals surface area contributed by atoms with Crippen LogP contribution >= 0.6 is 0 Å². The first-order valence-corrected chi connectivity index (χ1v) is 8.38. The first-order chi connectivity index (χ1) is 12.5. The molecule has 5 nitrogen and oxygen atoms in total. The molecule has 2 aromatic carbocycles. The van der Waals surface area contributed by atoms with Gasteiger partial charge in [-0.3, -0.25) is 9.69 Å². The Kier molecular flexibility index (Phi) is 5.16. The summed E-state index contributed by atoms with van der Waals surface area (Å²) in [6.07, 6.45) is 0. The van der Waals surface area contributed by atoms with Gasteiger partial charge < -0.3 is 9.80 Å². The predicted octanol–water partition coefficient (Wildman–Crippen LogP) is 3.26. The third-order valence-corrected chi connectivity index (χ3v) is 4.32. The fraction of sp³-hybridized carbons (Fsp3) is 0.263. The van der Waals surface area contributed by atoms with Gasteiger partial charge in [0.1, 0.15) is 6.54 Å². The lowest BCUT2D eigenvalue weighted by Crippen LogP contribution is -2.42. The first-order valence-electron chi connectivity index (χ1n) is 8.38. The van der Waals surface area contributed by atoms with Crippen LogP contribution in [0.15, 0.2) is 48.5 Å². The van der Waals surface area contributed by atoms with E-state index in [9.17, 15) is 18.4 Å². The van der Waals surface area contributed by atoms with Gasteiger partial charge in [0.05, 0.1) is 0 Å². The number of para-hydroxylation sites is 1. The third-order valence-electron chi connectivity index (χ3n) is 4.32. The second kappa shape index (κ2) is 7.51. The van der Waals surface area contributed by atoms with Crippen LogP contribution in [0.2, 0.25) is 0 Å². The van der Waals surface area contributed by atoms with Gasteiger partial charge in [0.2, 0.25) is 5.91 Å². The number of carbonyl (C=O) groups is 2. The fourth-order valence-electron chi connectivity index (χ4n) is 2.98. The molecule has 0 aromatic heterocycles. The average Bonchev–Trinajstić information content (AvgIpc) is 2.99. The van der Waals surface area contributed by atoms with Gasteiger partial charge in [0, 0.05) is 37.1 Å². The van der Waals surface area contributed by atoms with Gasteiger partial charge in [-0.1, -0.05) is 18.2 Å². The molecule has 1 aliphatic heterocycles. The van der Waals surface area contributed by atoms with E-state index < -0.39 is 17.7 Å². The van der Waals surface area contributed by atoms with E-state index in [2.05, 4.69) is 0 Å². The van der Waals surface area contributed by atoms with Crippen LogP contribution in [-0.4, -0.2) is 43.0 Å². The molecule has 1 aliphatic rings. The Morgan fingerprint density at radius 2 is 1.81 bits per heavy atom. The van der Waals surface area contributed by atoms with Crippen LogP contribution < -0.4 is 9.80 Å². The highest BCUT2D eigenvalue weighted by molar-refractivity contribution is 6.00. The van der Waals surface area contributed by atoms with Gasteiger partial charge in [-0.05, 0) is 31.2 Å². The Morgan fingerprint density at radius 1 is 1.08 bits per heavy atom. The number of likely N-dealkylation sites (N-methyl/N-ethyl adjacent to an activating group) is 1. The van der Waals surface area contributed by atoms with Crippen molar-refractivity contribution in [2.24, 2.45) is 0 Å². The zero-order valence-corrected chi connectivity index (χ0v) is 14.4. The fourth-order valence-corrected chi connectivity index (χ4v) is 2.98. The van der Waals surface area contributed by atoms with E-state index in [1.807, 2.05) is 37.3 Å². The van der Waals surface area contributed by atoms with Crippen molar-refractivity contribution in [3.05, 3.63) is 60.2 Å². The van der Waals surface area contributed by atoms with Crippen molar-refractivity contribution in [1.82, 2.24) is 4.90 Å². The highest BCUT2D eigenvalue weighted by Gasteiger charge is 2.32. The molecule has 0 radical (unpaired) electrons. The van der Waals surface area contributed by atoms with Gasteiger partial charge in [0.15, 0.2) is 11.6 Å². The monoisotopic (exact) mass is 359 g/mol. The molecule has 0 unspecified atom stereocenters. The van der Waals surface area contributed by atoms with E-state index in [1.54, 1.807) is 4.90 Å². The normalized spacial score (nSPS) is 14.0. The Hall–Kier alpha value is -2.96. The summed E-state index contributed by atoms with van der Waals surface area (Å²) in [4.78, 5) is 29.5. The van der Waals surface area contributed by atoms with Crippen molar-refractivity contribution in [3.63, 3.8) is 0 Å². The number of rotatable bonds is 5. The molecule has 0 spiro atoms. The lowest BCUT2D eigenvalue weighted by Gasteiger charge is -2.24. The van der Waals surface area contributed by atoms with E-state index in [0.717, 1.165) is 17.8 Å². The zero-order valence-electron chi connectivity index (χ0n) is 14.4. The van der Waals surface area contributed by atoms with Crippen molar-refractivity contribution >= 4 is 23.3 Å². The summed E-state index contributed by atoms with van der Waals surface area (Å²) in [5.74, 6) is -2.17. The van der Waals surface area contributed by atoms with Gasteiger partial charge in [-0.2, -0.15) is 0 Å². The maximum Gasteiger partial charge on any atom is 0.325 e. The van der Waals surface area contributed by atoms with E-state index in [-0.39, 0.29) is 18.1 Å². The SMILES string of the molecule is CCN(C(=O)CN1CCN(c2ccc(F)c(F)c2)C1=O)c1ccccc1. The number of halogens is 2. The average molecular weight is 359 g/mol. The van der Waals surface area contributed by atoms with Crippen LogP contribution in [0.25, 0.3) is 0 Å². The summed E-state index contributed by atoms with van der Waals surface area (Å²) >= 11 is 0. The van der Waals surface area contributed by atoms with E-state index in [0.29, 0.717) is 19.6 Å². The minimum atomic E-state index is -1.01. The van der Waals surface area contributed by atoms with E-state index >= 15 is 0 Å². The lowest BCUT2D eigenvalue weighted by molar-refractivity contribution is -0.119. The lowest BCUT2D eigenvalue weighted by atomic mass is 10.2. The molecule has 1 saturated heterocycles. The minimum absolute atomic E-state index is 0.0677. The van der Waals surface area contributed by atoms with Gasteiger partial charge >= 0.3 is 6.03 Å². The summed E-state index contributed by atoms with van der Waals surface area (Å²) in [6.45, 7) is 2.94. The Bertz CT molecular complexity index is 814. The molecule has 0 N–H and O–H groups in total. The molecule has 0 bridgehead atoms. The maximum absolute atomic E-state index is 13.4. The molecule has 1 fully saturated rings. The summed E-state index contributed by atoms with van der Waals surface area (Å²) in [7, 11) is 0. The third kappa shape index (κ3) is 3.51.